The van der Waals surface area contributed by atoms with Crippen LogP contribution < -0.4 is 0 Å². The van der Waals surface area contributed by atoms with E-state index in [1.54, 1.807) is 12.1 Å². The first kappa shape index (κ1) is 14.9. The molecule has 1 atom stereocenters. The molecule has 19 heavy (non-hydrogen) atoms. The van der Waals surface area contributed by atoms with Gasteiger partial charge in [0, 0.05) is 20.9 Å². The number of halogens is 3. The normalized spacial score (nSPS) is 12.5. The second-order valence-electron chi connectivity index (χ2n) is 4.41. The zero-order valence-electron chi connectivity index (χ0n) is 10.3. The lowest BCUT2D eigenvalue weighted by Gasteiger charge is -2.15. The van der Waals surface area contributed by atoms with Crippen molar-refractivity contribution in [2.24, 2.45) is 0 Å². The molecule has 0 saturated carbocycles. The molecule has 2 aromatic rings. The van der Waals surface area contributed by atoms with Crippen molar-refractivity contribution in [3.05, 3.63) is 67.6 Å². The highest BCUT2D eigenvalue weighted by atomic mass is 79.9. The van der Waals surface area contributed by atoms with Crippen LogP contribution in [0.4, 0.5) is 0 Å². The summed E-state index contributed by atoms with van der Waals surface area (Å²) in [5.41, 5.74) is 2.83. The maximum atomic E-state index is 10.4. The number of benzene rings is 2. The molecular formula is C15H13BrCl2O. The summed E-state index contributed by atoms with van der Waals surface area (Å²) >= 11 is 15.5. The third kappa shape index (κ3) is 3.51. The molecule has 1 unspecified atom stereocenters. The minimum absolute atomic E-state index is 0.466. The predicted octanol–water partition coefficient (Wildman–Crippen LogP) is 5.34. The van der Waals surface area contributed by atoms with Crippen molar-refractivity contribution in [3.8, 4) is 0 Å². The van der Waals surface area contributed by atoms with Crippen molar-refractivity contribution in [2.75, 3.05) is 0 Å². The van der Waals surface area contributed by atoms with E-state index < -0.39 is 6.10 Å². The van der Waals surface area contributed by atoms with Crippen LogP contribution in [0, 0.1) is 6.92 Å². The highest BCUT2D eigenvalue weighted by Crippen LogP contribution is 2.29. The molecule has 0 aliphatic rings. The highest BCUT2D eigenvalue weighted by molar-refractivity contribution is 9.10. The Bertz CT molecular complexity index is 599. The Balaban J connectivity index is 2.25. The topological polar surface area (TPSA) is 20.2 Å². The van der Waals surface area contributed by atoms with Gasteiger partial charge < -0.3 is 5.11 Å². The van der Waals surface area contributed by atoms with Gasteiger partial charge in [-0.15, -0.1) is 0 Å². The Kier molecular flexibility index (Phi) is 4.91. The van der Waals surface area contributed by atoms with Crippen molar-refractivity contribution >= 4 is 39.1 Å². The first-order valence-corrected chi connectivity index (χ1v) is 7.41. The first-order chi connectivity index (χ1) is 8.99. The van der Waals surface area contributed by atoms with E-state index in [1.807, 2.05) is 31.2 Å². The Morgan fingerprint density at radius 2 is 1.95 bits per heavy atom. The molecule has 0 saturated heterocycles. The minimum Gasteiger partial charge on any atom is -0.388 e. The van der Waals surface area contributed by atoms with Crippen molar-refractivity contribution in [1.29, 1.82) is 0 Å². The predicted molar refractivity (Wildman–Crippen MR) is 84.0 cm³/mol. The molecule has 0 radical (unpaired) electrons. The lowest BCUT2D eigenvalue weighted by atomic mass is 9.98. The Morgan fingerprint density at radius 1 is 1.21 bits per heavy atom. The molecule has 4 heteroatoms. The summed E-state index contributed by atoms with van der Waals surface area (Å²) in [4.78, 5) is 0. The van der Waals surface area contributed by atoms with Crippen LogP contribution >= 0.6 is 39.1 Å². The number of rotatable bonds is 3. The smallest absolute Gasteiger partial charge is 0.0833 e. The molecule has 0 aromatic heterocycles. The van der Waals surface area contributed by atoms with Gasteiger partial charge in [0.05, 0.1) is 6.10 Å². The SMILES string of the molecule is Cc1c(Br)cccc1C(O)Cc1ccc(Cl)cc1Cl. The van der Waals surface area contributed by atoms with Crippen LogP contribution in [0.5, 0.6) is 0 Å². The summed E-state index contributed by atoms with van der Waals surface area (Å²) in [7, 11) is 0. The summed E-state index contributed by atoms with van der Waals surface area (Å²) in [5.74, 6) is 0. The summed E-state index contributed by atoms with van der Waals surface area (Å²) in [6, 6.07) is 11.1. The zero-order chi connectivity index (χ0) is 14.0. The number of hydrogen-bond donors (Lipinski definition) is 1. The highest BCUT2D eigenvalue weighted by Gasteiger charge is 2.14. The molecule has 2 rings (SSSR count). The van der Waals surface area contributed by atoms with Gasteiger partial charge in [0.2, 0.25) is 0 Å². The molecule has 0 aliphatic carbocycles. The van der Waals surface area contributed by atoms with Gasteiger partial charge in [-0.05, 0) is 41.8 Å². The van der Waals surface area contributed by atoms with Crippen LogP contribution in [0.3, 0.4) is 0 Å². The van der Waals surface area contributed by atoms with Crippen LogP contribution in [0.15, 0.2) is 40.9 Å². The van der Waals surface area contributed by atoms with Crippen LogP contribution in [-0.2, 0) is 6.42 Å². The Morgan fingerprint density at radius 3 is 2.63 bits per heavy atom. The molecule has 0 aliphatic heterocycles. The second kappa shape index (κ2) is 6.27. The average molecular weight is 360 g/mol. The molecule has 0 bridgehead atoms. The van der Waals surface area contributed by atoms with Gasteiger partial charge in [0.15, 0.2) is 0 Å². The van der Waals surface area contributed by atoms with E-state index in [1.165, 1.54) is 0 Å². The minimum atomic E-state index is -0.587. The average Bonchev–Trinajstić information content (AvgIpc) is 2.36. The fourth-order valence-corrected chi connectivity index (χ4v) is 2.86. The molecule has 0 spiro atoms. The lowest BCUT2D eigenvalue weighted by Crippen LogP contribution is -2.04. The van der Waals surface area contributed by atoms with E-state index in [0.29, 0.717) is 16.5 Å². The molecule has 2 aromatic carbocycles. The van der Waals surface area contributed by atoms with Gasteiger partial charge in [-0.25, -0.2) is 0 Å². The standard InChI is InChI=1S/C15H13BrCl2O/c1-9-12(3-2-4-13(9)16)15(19)7-10-5-6-11(17)8-14(10)18/h2-6,8,15,19H,7H2,1H3. The molecule has 0 amide bonds. The van der Waals surface area contributed by atoms with Gasteiger partial charge in [0.1, 0.15) is 0 Å². The summed E-state index contributed by atoms with van der Waals surface area (Å²) < 4.78 is 0.992. The van der Waals surface area contributed by atoms with E-state index in [-0.39, 0.29) is 0 Å². The van der Waals surface area contributed by atoms with Crippen LogP contribution in [0.2, 0.25) is 10.0 Å². The number of aliphatic hydroxyl groups is 1. The first-order valence-electron chi connectivity index (χ1n) is 5.86. The second-order valence-corrected chi connectivity index (χ2v) is 6.11. The fourth-order valence-electron chi connectivity index (χ4n) is 1.99. The molecule has 1 N–H and O–H groups in total. The van der Waals surface area contributed by atoms with Crippen LogP contribution in [-0.4, -0.2) is 5.11 Å². The molecule has 100 valence electrons. The van der Waals surface area contributed by atoms with E-state index in [0.717, 1.165) is 21.2 Å². The van der Waals surface area contributed by atoms with Gasteiger partial charge >= 0.3 is 0 Å². The van der Waals surface area contributed by atoms with Gasteiger partial charge in [-0.1, -0.05) is 57.3 Å². The molecular weight excluding hydrogens is 347 g/mol. The van der Waals surface area contributed by atoms with Crippen LogP contribution in [0.1, 0.15) is 22.8 Å². The van der Waals surface area contributed by atoms with Crippen molar-refractivity contribution in [2.45, 2.75) is 19.4 Å². The summed E-state index contributed by atoms with van der Waals surface area (Å²) in [5, 5.41) is 11.5. The van der Waals surface area contributed by atoms with Crippen LogP contribution in [0.25, 0.3) is 0 Å². The molecule has 0 heterocycles. The fraction of sp³-hybridized carbons (Fsp3) is 0.200. The van der Waals surface area contributed by atoms with Gasteiger partial charge in [-0.3, -0.25) is 0 Å². The van der Waals surface area contributed by atoms with Crippen molar-refractivity contribution in [1.82, 2.24) is 0 Å². The summed E-state index contributed by atoms with van der Waals surface area (Å²) in [6.45, 7) is 1.98. The number of hydrogen-bond acceptors (Lipinski definition) is 1. The largest absolute Gasteiger partial charge is 0.388 e. The third-order valence-corrected chi connectivity index (χ3v) is 4.54. The molecule has 1 nitrogen and oxygen atoms in total. The number of aliphatic hydroxyl groups excluding tert-OH is 1. The Labute approximate surface area is 131 Å². The monoisotopic (exact) mass is 358 g/mol. The van der Waals surface area contributed by atoms with E-state index in [9.17, 15) is 5.11 Å². The maximum absolute atomic E-state index is 10.4. The Hall–Kier alpha value is -0.540. The lowest BCUT2D eigenvalue weighted by molar-refractivity contribution is 0.177. The van der Waals surface area contributed by atoms with Gasteiger partial charge in [0.25, 0.3) is 0 Å². The summed E-state index contributed by atoms with van der Waals surface area (Å²) in [6.07, 6.45) is -0.121. The maximum Gasteiger partial charge on any atom is 0.0833 e. The van der Waals surface area contributed by atoms with Crippen molar-refractivity contribution in [3.63, 3.8) is 0 Å². The van der Waals surface area contributed by atoms with Crippen molar-refractivity contribution < 1.29 is 5.11 Å². The van der Waals surface area contributed by atoms with E-state index in [4.69, 9.17) is 23.2 Å². The van der Waals surface area contributed by atoms with E-state index in [2.05, 4.69) is 15.9 Å². The van der Waals surface area contributed by atoms with E-state index >= 15 is 0 Å². The molecule has 0 fully saturated rings. The van der Waals surface area contributed by atoms with Gasteiger partial charge in [-0.2, -0.15) is 0 Å². The third-order valence-electron chi connectivity index (χ3n) is 3.10. The zero-order valence-corrected chi connectivity index (χ0v) is 13.4. The quantitative estimate of drug-likeness (QED) is 0.784.